The predicted octanol–water partition coefficient (Wildman–Crippen LogP) is -2.10. The predicted molar refractivity (Wildman–Crippen MR) is 83.6 cm³/mol. The zero-order chi connectivity index (χ0) is 17.1. The standard InChI is InChI=1S/C10H26N4O6S2/c11-3-5-13-14(7-2-10-22(18,19)20)8-6-12-4-1-9-21(15,16)17/h12-13H,1-11H2,(H,15,16,17)(H,18,19,20). The third-order valence-corrected chi connectivity index (χ3v) is 4.23. The number of nitrogens with one attached hydrogen (secondary N) is 2. The highest BCUT2D eigenvalue weighted by Gasteiger charge is 2.08. The second-order valence-corrected chi connectivity index (χ2v) is 7.86. The molecule has 6 N–H and O–H groups in total. The van der Waals surface area contributed by atoms with Crippen LogP contribution in [0.1, 0.15) is 12.8 Å². The summed E-state index contributed by atoms with van der Waals surface area (Å²) < 4.78 is 59.6. The average Bonchev–Trinajstić information content (AvgIpc) is 2.36. The maximum Gasteiger partial charge on any atom is 0.264 e. The van der Waals surface area contributed by atoms with E-state index in [9.17, 15) is 16.8 Å². The van der Waals surface area contributed by atoms with Crippen molar-refractivity contribution in [2.75, 3.05) is 50.8 Å². The van der Waals surface area contributed by atoms with Crippen molar-refractivity contribution in [3.63, 3.8) is 0 Å². The van der Waals surface area contributed by atoms with Crippen molar-refractivity contribution in [3.05, 3.63) is 0 Å². The van der Waals surface area contributed by atoms with Crippen LogP contribution in [-0.4, -0.2) is 81.7 Å². The molecule has 0 aliphatic rings. The number of nitrogens with zero attached hydrogens (tertiary/aromatic N) is 1. The molecule has 0 rings (SSSR count). The van der Waals surface area contributed by atoms with Crippen molar-refractivity contribution in [3.8, 4) is 0 Å². The number of hydrogen-bond acceptors (Lipinski definition) is 8. The van der Waals surface area contributed by atoms with Gasteiger partial charge >= 0.3 is 0 Å². The zero-order valence-electron chi connectivity index (χ0n) is 12.4. The summed E-state index contributed by atoms with van der Waals surface area (Å²) in [5.74, 6) is -0.598. The highest BCUT2D eigenvalue weighted by molar-refractivity contribution is 7.86. The van der Waals surface area contributed by atoms with E-state index < -0.39 is 20.2 Å². The minimum atomic E-state index is -3.96. The molecular weight excluding hydrogens is 336 g/mol. The quantitative estimate of drug-likeness (QED) is 0.131. The largest absolute Gasteiger partial charge is 0.329 e. The Morgan fingerprint density at radius 1 is 0.864 bits per heavy atom. The van der Waals surface area contributed by atoms with Crippen molar-refractivity contribution in [1.82, 2.24) is 15.8 Å². The van der Waals surface area contributed by atoms with Gasteiger partial charge in [-0.05, 0) is 19.4 Å². The fourth-order valence-electron chi connectivity index (χ4n) is 1.65. The van der Waals surface area contributed by atoms with Gasteiger partial charge < -0.3 is 11.1 Å². The molecule has 0 saturated carbocycles. The number of hydrogen-bond donors (Lipinski definition) is 5. The Balaban J connectivity index is 3.88. The van der Waals surface area contributed by atoms with E-state index in [0.29, 0.717) is 45.7 Å². The van der Waals surface area contributed by atoms with Crippen LogP contribution in [0.4, 0.5) is 0 Å². The van der Waals surface area contributed by atoms with Gasteiger partial charge in [0, 0.05) is 32.7 Å². The fraction of sp³-hybridized carbons (Fsp3) is 1.00. The maximum absolute atomic E-state index is 10.7. The molecule has 134 valence electrons. The van der Waals surface area contributed by atoms with Gasteiger partial charge in [0.05, 0.1) is 11.5 Å². The monoisotopic (exact) mass is 362 g/mol. The molecule has 0 aromatic heterocycles. The minimum Gasteiger partial charge on any atom is -0.329 e. The van der Waals surface area contributed by atoms with Crippen LogP contribution in [-0.2, 0) is 20.2 Å². The smallest absolute Gasteiger partial charge is 0.264 e. The molecule has 10 nitrogen and oxygen atoms in total. The second-order valence-electron chi connectivity index (χ2n) is 4.71. The van der Waals surface area contributed by atoms with E-state index in [4.69, 9.17) is 14.8 Å². The molecule has 0 aromatic carbocycles. The van der Waals surface area contributed by atoms with Crippen LogP contribution in [0.3, 0.4) is 0 Å². The molecule has 0 spiro atoms. The maximum atomic E-state index is 10.7. The summed E-state index contributed by atoms with van der Waals surface area (Å²) in [4.78, 5) is 0. The third kappa shape index (κ3) is 16.0. The lowest BCUT2D eigenvalue weighted by atomic mass is 10.4. The molecule has 0 amide bonds. The van der Waals surface area contributed by atoms with E-state index in [1.807, 2.05) is 0 Å². The first-order valence-electron chi connectivity index (χ1n) is 6.93. The molecule has 0 fully saturated rings. The molecule has 0 aliphatic carbocycles. The number of rotatable bonds is 14. The lowest BCUT2D eigenvalue weighted by Crippen LogP contribution is -2.45. The average molecular weight is 362 g/mol. The Morgan fingerprint density at radius 2 is 1.45 bits per heavy atom. The topological polar surface area (TPSA) is 162 Å². The SMILES string of the molecule is NCCNN(CCCS(=O)(=O)O)CCNCCCS(=O)(=O)O. The normalized spacial score (nSPS) is 12.9. The molecule has 0 saturated heterocycles. The van der Waals surface area contributed by atoms with Crippen molar-refractivity contribution < 1.29 is 25.9 Å². The van der Waals surface area contributed by atoms with Crippen LogP contribution >= 0.6 is 0 Å². The molecule has 0 heterocycles. The first-order chi connectivity index (χ1) is 10.1. The van der Waals surface area contributed by atoms with Crippen LogP contribution in [0.2, 0.25) is 0 Å². The van der Waals surface area contributed by atoms with Gasteiger partial charge in [-0.3, -0.25) is 14.5 Å². The van der Waals surface area contributed by atoms with E-state index in [1.54, 1.807) is 5.01 Å². The molecule has 0 aliphatic heterocycles. The minimum absolute atomic E-state index is 0.277. The van der Waals surface area contributed by atoms with Gasteiger partial charge in [-0.2, -0.15) is 16.8 Å². The van der Waals surface area contributed by atoms with E-state index in [0.717, 1.165) is 0 Å². The molecule has 12 heteroatoms. The van der Waals surface area contributed by atoms with Crippen molar-refractivity contribution in [1.29, 1.82) is 0 Å². The summed E-state index contributed by atoms with van der Waals surface area (Å²) in [6.07, 6.45) is 0.580. The molecule has 0 unspecified atom stereocenters. The van der Waals surface area contributed by atoms with Crippen molar-refractivity contribution in [2.45, 2.75) is 12.8 Å². The summed E-state index contributed by atoms with van der Waals surface area (Å²) >= 11 is 0. The van der Waals surface area contributed by atoms with Crippen molar-refractivity contribution >= 4 is 20.2 Å². The Morgan fingerprint density at radius 3 is 2.00 bits per heavy atom. The molecule has 0 atom stereocenters. The third-order valence-electron chi connectivity index (χ3n) is 2.62. The Labute approximate surface area is 131 Å². The second kappa shape index (κ2) is 11.2. The van der Waals surface area contributed by atoms with E-state index in [-0.39, 0.29) is 17.9 Å². The van der Waals surface area contributed by atoms with Crippen LogP contribution in [0.25, 0.3) is 0 Å². The molecule has 0 radical (unpaired) electrons. The van der Waals surface area contributed by atoms with E-state index in [1.165, 1.54) is 0 Å². The zero-order valence-corrected chi connectivity index (χ0v) is 14.1. The van der Waals surface area contributed by atoms with Gasteiger partial charge in [0.2, 0.25) is 0 Å². The van der Waals surface area contributed by atoms with E-state index >= 15 is 0 Å². The molecular formula is C10H26N4O6S2. The Hall–Kier alpha value is -0.340. The van der Waals surface area contributed by atoms with E-state index in [2.05, 4.69) is 10.7 Å². The van der Waals surface area contributed by atoms with Gasteiger partial charge in [-0.15, -0.1) is 0 Å². The van der Waals surface area contributed by atoms with Gasteiger partial charge in [0.1, 0.15) is 0 Å². The lowest BCUT2D eigenvalue weighted by molar-refractivity contribution is 0.191. The summed E-state index contributed by atoms with van der Waals surface area (Å²) in [5.41, 5.74) is 8.42. The van der Waals surface area contributed by atoms with Gasteiger partial charge in [0.25, 0.3) is 20.2 Å². The summed E-state index contributed by atoms with van der Waals surface area (Å²) in [6.45, 7) is 2.93. The lowest BCUT2D eigenvalue weighted by Gasteiger charge is -2.23. The number of nitrogens with two attached hydrogens (primary N) is 1. The van der Waals surface area contributed by atoms with Crippen LogP contribution in [0.15, 0.2) is 0 Å². The van der Waals surface area contributed by atoms with Crippen molar-refractivity contribution in [2.24, 2.45) is 5.73 Å². The van der Waals surface area contributed by atoms with Gasteiger partial charge in [-0.25, -0.2) is 5.01 Å². The first kappa shape index (κ1) is 21.7. The highest BCUT2D eigenvalue weighted by atomic mass is 32.2. The fourth-order valence-corrected chi connectivity index (χ4v) is 2.65. The number of hydrazine groups is 1. The molecule has 0 bridgehead atoms. The molecule has 0 aromatic rings. The van der Waals surface area contributed by atoms with Gasteiger partial charge in [-0.1, -0.05) is 0 Å². The summed E-state index contributed by atoms with van der Waals surface area (Å²) in [6, 6.07) is 0. The molecule has 22 heavy (non-hydrogen) atoms. The Kier molecular flexibility index (Phi) is 11.1. The van der Waals surface area contributed by atoms with Crippen LogP contribution < -0.4 is 16.5 Å². The highest BCUT2D eigenvalue weighted by Crippen LogP contribution is 1.92. The Bertz CT molecular complexity index is 482. The summed E-state index contributed by atoms with van der Waals surface area (Å²) in [5, 5.41) is 4.80. The first-order valence-corrected chi connectivity index (χ1v) is 10.2. The van der Waals surface area contributed by atoms with Crippen LogP contribution in [0.5, 0.6) is 0 Å². The summed E-state index contributed by atoms with van der Waals surface area (Å²) in [7, 11) is -7.88. The van der Waals surface area contributed by atoms with Gasteiger partial charge in [0.15, 0.2) is 0 Å². The van der Waals surface area contributed by atoms with Crippen LogP contribution in [0, 0.1) is 0 Å².